The molecule has 2 N–H and O–H groups in total. The molecule has 2 aromatic rings. The summed E-state index contributed by atoms with van der Waals surface area (Å²) in [6.45, 7) is 1.93. The van der Waals surface area contributed by atoms with Crippen LogP contribution in [0.4, 0.5) is 16.2 Å². The minimum atomic E-state index is -0.728. The number of imide groups is 1. The minimum absolute atomic E-state index is 0.317. The lowest BCUT2D eigenvalue weighted by Gasteiger charge is -2.37. The number of nitrogens with one attached hydrogen (secondary N) is 2. The number of amides is 4. The molecule has 2 aliphatic rings. The molecule has 0 bridgehead atoms. The van der Waals surface area contributed by atoms with Gasteiger partial charge in [0, 0.05) is 24.0 Å². The summed E-state index contributed by atoms with van der Waals surface area (Å²) < 4.78 is 0. The lowest BCUT2D eigenvalue weighted by Crippen LogP contribution is -2.65. The van der Waals surface area contributed by atoms with E-state index in [1.165, 1.54) is 0 Å². The summed E-state index contributed by atoms with van der Waals surface area (Å²) in [6.07, 6.45) is 1.59. The highest BCUT2D eigenvalue weighted by Gasteiger charge is 2.49. The zero-order valence-corrected chi connectivity index (χ0v) is 16.6. The third kappa shape index (κ3) is 3.45. The average Bonchev–Trinajstić information content (AvgIpc) is 3.01. The second kappa shape index (κ2) is 7.25. The van der Waals surface area contributed by atoms with Crippen LogP contribution in [0.5, 0.6) is 0 Å². The van der Waals surface area contributed by atoms with Crippen LogP contribution in [0.3, 0.4) is 0 Å². The Kier molecular flexibility index (Phi) is 4.76. The predicted molar refractivity (Wildman–Crippen MR) is 111 cm³/mol. The highest BCUT2D eigenvalue weighted by Crippen LogP contribution is 2.30. The minimum Gasteiger partial charge on any atom is -0.366 e. The normalized spacial score (nSPS) is 20.9. The number of benzene rings is 2. The molecular weight excluding hydrogens is 392 g/mol. The van der Waals surface area contributed by atoms with Gasteiger partial charge in [-0.15, -0.1) is 0 Å². The standard InChI is InChI=1S/C21H19ClN4O3/c1-12-3-9-15(10-4-12)26-20(28)18-17(24-21(26)29)16(11-25(18)2)19(27)23-14-7-5-13(22)6-8-14/h3-11,17-18H,1-2H3,(H,23,27)(H,24,29). The second-order valence-electron chi connectivity index (χ2n) is 7.09. The lowest BCUT2D eigenvalue weighted by molar-refractivity contribution is -0.122. The maximum absolute atomic E-state index is 13.1. The number of nitrogens with zero attached hydrogens (tertiary/aromatic N) is 2. The number of hydrogen-bond acceptors (Lipinski definition) is 4. The Morgan fingerprint density at radius 2 is 1.72 bits per heavy atom. The van der Waals surface area contributed by atoms with Crippen molar-refractivity contribution in [1.82, 2.24) is 10.2 Å². The van der Waals surface area contributed by atoms with E-state index in [0.717, 1.165) is 10.5 Å². The fourth-order valence-electron chi connectivity index (χ4n) is 3.56. The van der Waals surface area contributed by atoms with Crippen molar-refractivity contribution in [2.75, 3.05) is 17.3 Å². The van der Waals surface area contributed by atoms with E-state index in [1.807, 2.05) is 19.1 Å². The second-order valence-corrected chi connectivity index (χ2v) is 7.53. The maximum atomic E-state index is 13.1. The predicted octanol–water partition coefficient (Wildman–Crippen LogP) is 2.91. The van der Waals surface area contributed by atoms with Gasteiger partial charge in [-0.2, -0.15) is 0 Å². The Hall–Kier alpha value is -3.32. The smallest absolute Gasteiger partial charge is 0.329 e. The van der Waals surface area contributed by atoms with Crippen molar-refractivity contribution < 1.29 is 14.4 Å². The monoisotopic (exact) mass is 410 g/mol. The first kappa shape index (κ1) is 19.0. The van der Waals surface area contributed by atoms with Crippen molar-refractivity contribution in [1.29, 1.82) is 0 Å². The molecule has 29 heavy (non-hydrogen) atoms. The molecule has 4 rings (SSSR count). The van der Waals surface area contributed by atoms with Gasteiger partial charge in [-0.3, -0.25) is 9.59 Å². The molecule has 2 unspecified atom stereocenters. The molecule has 4 amide bonds. The number of anilines is 2. The molecule has 0 saturated carbocycles. The zero-order valence-electron chi connectivity index (χ0n) is 15.8. The van der Waals surface area contributed by atoms with Crippen molar-refractivity contribution >= 4 is 40.8 Å². The fourth-order valence-corrected chi connectivity index (χ4v) is 3.69. The third-order valence-corrected chi connectivity index (χ3v) is 5.30. The van der Waals surface area contributed by atoms with Crippen molar-refractivity contribution in [2.45, 2.75) is 19.0 Å². The largest absolute Gasteiger partial charge is 0.366 e. The molecule has 7 nitrogen and oxygen atoms in total. The van der Waals surface area contributed by atoms with Gasteiger partial charge in [-0.25, -0.2) is 9.69 Å². The van der Waals surface area contributed by atoms with E-state index in [2.05, 4.69) is 10.6 Å². The van der Waals surface area contributed by atoms with Gasteiger partial charge in [-0.1, -0.05) is 29.3 Å². The summed E-state index contributed by atoms with van der Waals surface area (Å²) in [6, 6.07) is 11.8. The van der Waals surface area contributed by atoms with Crippen molar-refractivity contribution in [3.05, 3.63) is 70.9 Å². The van der Waals surface area contributed by atoms with Gasteiger partial charge in [0.05, 0.1) is 17.3 Å². The summed E-state index contributed by atoms with van der Waals surface area (Å²) in [5.74, 6) is -0.765. The summed E-state index contributed by atoms with van der Waals surface area (Å²) in [5, 5.41) is 6.14. The van der Waals surface area contributed by atoms with Crippen LogP contribution in [0.15, 0.2) is 60.3 Å². The number of fused-ring (bicyclic) bond motifs is 1. The highest BCUT2D eigenvalue weighted by molar-refractivity contribution is 6.30. The number of carbonyl (C=O) groups excluding carboxylic acids is 3. The summed E-state index contributed by atoms with van der Waals surface area (Å²) in [4.78, 5) is 41.4. The van der Waals surface area contributed by atoms with Crippen molar-refractivity contribution in [3.63, 3.8) is 0 Å². The van der Waals surface area contributed by atoms with Gasteiger partial charge in [0.15, 0.2) is 0 Å². The topological polar surface area (TPSA) is 81.8 Å². The molecule has 0 spiro atoms. The first-order valence-corrected chi connectivity index (χ1v) is 9.44. The number of likely N-dealkylation sites (N-methyl/N-ethyl adjacent to an activating group) is 1. The van der Waals surface area contributed by atoms with Gasteiger partial charge in [0.2, 0.25) is 0 Å². The average molecular weight is 411 g/mol. The van der Waals surface area contributed by atoms with E-state index < -0.39 is 18.1 Å². The Balaban J connectivity index is 1.56. The van der Waals surface area contributed by atoms with Gasteiger partial charge in [0.25, 0.3) is 11.8 Å². The van der Waals surface area contributed by atoms with Crippen LogP contribution < -0.4 is 15.5 Å². The summed E-state index contributed by atoms with van der Waals surface area (Å²) >= 11 is 5.87. The zero-order chi connectivity index (χ0) is 20.7. The van der Waals surface area contributed by atoms with Gasteiger partial charge in [-0.05, 0) is 43.3 Å². The first-order valence-electron chi connectivity index (χ1n) is 9.07. The number of halogens is 1. The van der Waals surface area contributed by atoms with E-state index in [0.29, 0.717) is 22.0 Å². The third-order valence-electron chi connectivity index (χ3n) is 5.04. The molecular formula is C21H19ClN4O3. The molecule has 2 heterocycles. The Morgan fingerprint density at radius 3 is 2.38 bits per heavy atom. The van der Waals surface area contributed by atoms with Crippen molar-refractivity contribution in [3.8, 4) is 0 Å². The van der Waals surface area contributed by atoms with Crippen LogP contribution in [0, 0.1) is 6.92 Å². The molecule has 1 saturated heterocycles. The van der Waals surface area contributed by atoms with Crippen LogP contribution in [-0.4, -0.2) is 41.9 Å². The van der Waals surface area contributed by atoms with E-state index in [-0.39, 0.29) is 11.8 Å². The van der Waals surface area contributed by atoms with Crippen LogP contribution >= 0.6 is 11.6 Å². The SMILES string of the molecule is Cc1ccc(N2C(=O)NC3C(C(=O)Nc4ccc(Cl)cc4)=CN(C)C3C2=O)cc1. The first-order chi connectivity index (χ1) is 13.8. The number of rotatable bonds is 3. The van der Waals surface area contributed by atoms with E-state index in [4.69, 9.17) is 11.6 Å². The fraction of sp³-hybridized carbons (Fsp3) is 0.190. The van der Waals surface area contributed by atoms with E-state index >= 15 is 0 Å². The molecule has 2 aromatic carbocycles. The molecule has 2 aliphatic heterocycles. The number of hydrogen-bond donors (Lipinski definition) is 2. The molecule has 0 aliphatic carbocycles. The van der Waals surface area contributed by atoms with Crippen LogP contribution in [0.2, 0.25) is 5.02 Å². The Morgan fingerprint density at radius 1 is 1.07 bits per heavy atom. The summed E-state index contributed by atoms with van der Waals surface area (Å²) in [7, 11) is 1.71. The number of urea groups is 1. The molecule has 2 atom stereocenters. The Bertz CT molecular complexity index is 1020. The van der Waals surface area contributed by atoms with Gasteiger partial charge >= 0.3 is 6.03 Å². The molecule has 148 valence electrons. The molecule has 0 aromatic heterocycles. The summed E-state index contributed by atoms with van der Waals surface area (Å²) in [5.41, 5.74) is 2.40. The molecule has 1 fully saturated rings. The van der Waals surface area contributed by atoms with E-state index in [9.17, 15) is 14.4 Å². The number of aryl methyl sites for hydroxylation is 1. The van der Waals surface area contributed by atoms with Crippen LogP contribution in [0.25, 0.3) is 0 Å². The van der Waals surface area contributed by atoms with Crippen molar-refractivity contribution in [2.24, 2.45) is 0 Å². The molecule has 8 heteroatoms. The van der Waals surface area contributed by atoms with E-state index in [1.54, 1.807) is 54.5 Å². The highest BCUT2D eigenvalue weighted by atomic mass is 35.5. The van der Waals surface area contributed by atoms with Crippen LogP contribution in [-0.2, 0) is 9.59 Å². The lowest BCUT2D eigenvalue weighted by atomic mass is 9.99. The quantitative estimate of drug-likeness (QED) is 0.815. The Labute approximate surface area is 172 Å². The van der Waals surface area contributed by atoms with Crippen LogP contribution in [0.1, 0.15) is 5.56 Å². The van der Waals surface area contributed by atoms with Gasteiger partial charge in [0.1, 0.15) is 6.04 Å². The number of carbonyl (C=O) groups is 3. The maximum Gasteiger partial charge on any atom is 0.329 e. The molecule has 0 radical (unpaired) electrons. The van der Waals surface area contributed by atoms with Gasteiger partial charge < -0.3 is 15.5 Å².